The van der Waals surface area contributed by atoms with Crippen molar-refractivity contribution in [2.75, 3.05) is 0 Å². The summed E-state index contributed by atoms with van der Waals surface area (Å²) in [6.45, 7) is 1.75. The highest BCUT2D eigenvalue weighted by Gasteiger charge is 2.15. The Bertz CT molecular complexity index is 725. The minimum absolute atomic E-state index is 0.0388. The molecule has 2 rings (SSSR count). The lowest BCUT2D eigenvalue weighted by molar-refractivity contribution is 0.318. The van der Waals surface area contributed by atoms with E-state index >= 15 is 0 Å². The van der Waals surface area contributed by atoms with Gasteiger partial charge in [0.1, 0.15) is 11.6 Å². The third kappa shape index (κ3) is 3.43. The van der Waals surface area contributed by atoms with E-state index in [-0.39, 0.29) is 28.1 Å². The average molecular weight is 375 g/mol. The second kappa shape index (κ2) is 6.28. The molecule has 0 unspecified atom stereocenters. The lowest BCUT2D eigenvalue weighted by atomic mass is 10.2. The maximum atomic E-state index is 13.5. The number of nitrogens with two attached hydrogens (primary N) is 1. The number of nitrogens with zero attached hydrogens (tertiary/aromatic N) is 2. The van der Waals surface area contributed by atoms with Crippen molar-refractivity contribution in [2.24, 2.45) is 10.9 Å². The lowest BCUT2D eigenvalue weighted by Gasteiger charge is -2.11. The van der Waals surface area contributed by atoms with Gasteiger partial charge in [-0.1, -0.05) is 16.8 Å². The highest BCUT2D eigenvalue weighted by molar-refractivity contribution is 9.10. The zero-order chi connectivity index (χ0) is 15.6. The van der Waals surface area contributed by atoms with Crippen molar-refractivity contribution in [3.63, 3.8) is 0 Å². The fourth-order valence-corrected chi connectivity index (χ4v) is 2.27. The van der Waals surface area contributed by atoms with E-state index in [0.29, 0.717) is 10.2 Å². The number of benzene rings is 1. The molecule has 5 nitrogen and oxygen atoms in total. The quantitative estimate of drug-likeness (QED) is 0.281. The van der Waals surface area contributed by atoms with Gasteiger partial charge in [0, 0.05) is 11.8 Å². The highest BCUT2D eigenvalue weighted by Crippen LogP contribution is 2.34. The summed E-state index contributed by atoms with van der Waals surface area (Å²) >= 11 is 8.89. The van der Waals surface area contributed by atoms with Crippen molar-refractivity contribution < 1.29 is 14.3 Å². The molecular weight excluding hydrogens is 365 g/mol. The normalized spacial score (nSPS) is 11.5. The molecule has 0 aliphatic heterocycles. The second-order valence-corrected chi connectivity index (χ2v) is 5.35. The molecule has 0 saturated carbocycles. The van der Waals surface area contributed by atoms with Gasteiger partial charge < -0.3 is 15.7 Å². The first-order chi connectivity index (χ1) is 9.92. The number of pyridine rings is 1. The van der Waals surface area contributed by atoms with Crippen LogP contribution in [0.1, 0.15) is 11.3 Å². The number of rotatable bonds is 3. The van der Waals surface area contributed by atoms with Gasteiger partial charge in [0.05, 0.1) is 15.1 Å². The molecule has 0 saturated heterocycles. The van der Waals surface area contributed by atoms with Crippen LogP contribution in [0.25, 0.3) is 0 Å². The van der Waals surface area contributed by atoms with Crippen LogP contribution < -0.4 is 10.5 Å². The number of hydrogen-bond acceptors (Lipinski definition) is 4. The molecule has 2 aromatic rings. The third-order valence-corrected chi connectivity index (χ3v) is 3.47. The van der Waals surface area contributed by atoms with Crippen molar-refractivity contribution in [3.05, 3.63) is 50.8 Å². The zero-order valence-corrected chi connectivity index (χ0v) is 13.1. The van der Waals surface area contributed by atoms with E-state index in [1.165, 1.54) is 6.07 Å². The number of oxime groups is 1. The first kappa shape index (κ1) is 15.5. The van der Waals surface area contributed by atoms with Crippen LogP contribution in [0.3, 0.4) is 0 Å². The van der Waals surface area contributed by atoms with Gasteiger partial charge in [-0.15, -0.1) is 0 Å². The standard InChI is InChI=1S/C13H10BrClFN3O2/c1-6-2-3-7(12(17)19-20)13(18-6)21-11-5-10(16)9(15)4-8(11)14/h2-5,20H,1H3,(H2,17,19). The number of halogens is 3. The average Bonchev–Trinajstić information content (AvgIpc) is 2.44. The molecule has 0 amide bonds. The molecule has 21 heavy (non-hydrogen) atoms. The summed E-state index contributed by atoms with van der Waals surface area (Å²) in [7, 11) is 0. The van der Waals surface area contributed by atoms with E-state index in [1.54, 1.807) is 19.1 Å². The Balaban J connectivity index is 2.49. The van der Waals surface area contributed by atoms with Crippen LogP contribution in [-0.2, 0) is 0 Å². The van der Waals surface area contributed by atoms with Crippen molar-refractivity contribution in [1.29, 1.82) is 0 Å². The van der Waals surface area contributed by atoms with E-state index < -0.39 is 5.82 Å². The first-order valence-electron chi connectivity index (χ1n) is 5.70. The Morgan fingerprint density at radius 2 is 2.19 bits per heavy atom. The van der Waals surface area contributed by atoms with Crippen LogP contribution in [0.4, 0.5) is 4.39 Å². The Labute approximate surface area is 133 Å². The number of ether oxygens (including phenoxy) is 1. The molecule has 0 aliphatic rings. The van der Waals surface area contributed by atoms with Crippen LogP contribution in [0.2, 0.25) is 5.02 Å². The van der Waals surface area contributed by atoms with Gasteiger partial charge in [-0.3, -0.25) is 0 Å². The molecule has 1 aromatic carbocycles. The molecule has 1 heterocycles. The van der Waals surface area contributed by atoms with Gasteiger partial charge in [-0.05, 0) is 41.1 Å². The predicted molar refractivity (Wildman–Crippen MR) is 80.7 cm³/mol. The van der Waals surface area contributed by atoms with Crippen LogP contribution in [0, 0.1) is 12.7 Å². The van der Waals surface area contributed by atoms with Gasteiger partial charge in [-0.25, -0.2) is 9.37 Å². The maximum absolute atomic E-state index is 13.5. The molecule has 110 valence electrons. The van der Waals surface area contributed by atoms with E-state index in [0.717, 1.165) is 6.07 Å². The molecular formula is C13H10BrClFN3O2. The lowest BCUT2D eigenvalue weighted by Crippen LogP contribution is -2.15. The summed E-state index contributed by atoms with van der Waals surface area (Å²) in [6.07, 6.45) is 0. The molecule has 0 spiro atoms. The van der Waals surface area contributed by atoms with Crippen molar-refractivity contribution in [3.8, 4) is 11.6 Å². The van der Waals surface area contributed by atoms with Crippen molar-refractivity contribution in [1.82, 2.24) is 4.98 Å². The fourth-order valence-electron chi connectivity index (χ4n) is 1.55. The van der Waals surface area contributed by atoms with Crippen molar-refractivity contribution in [2.45, 2.75) is 6.92 Å². The monoisotopic (exact) mass is 373 g/mol. The third-order valence-electron chi connectivity index (χ3n) is 2.56. The van der Waals surface area contributed by atoms with Crippen LogP contribution >= 0.6 is 27.5 Å². The summed E-state index contributed by atoms with van der Waals surface area (Å²) in [4.78, 5) is 4.16. The highest BCUT2D eigenvalue weighted by atomic mass is 79.9. The van der Waals surface area contributed by atoms with Crippen LogP contribution in [-0.4, -0.2) is 16.0 Å². The van der Waals surface area contributed by atoms with E-state index in [1.807, 2.05) is 0 Å². The molecule has 0 aliphatic carbocycles. The molecule has 0 radical (unpaired) electrons. The first-order valence-corrected chi connectivity index (χ1v) is 6.87. The summed E-state index contributed by atoms with van der Waals surface area (Å²) in [5.41, 5.74) is 6.50. The SMILES string of the molecule is Cc1ccc(/C(N)=N/O)c(Oc2cc(F)c(Cl)cc2Br)n1. The zero-order valence-electron chi connectivity index (χ0n) is 10.8. The minimum atomic E-state index is -0.632. The summed E-state index contributed by atoms with van der Waals surface area (Å²) in [5, 5.41) is 11.6. The van der Waals surface area contributed by atoms with E-state index in [9.17, 15) is 4.39 Å². The molecule has 0 bridgehead atoms. The van der Waals surface area contributed by atoms with Gasteiger partial charge in [0.25, 0.3) is 0 Å². The number of amidine groups is 1. The largest absolute Gasteiger partial charge is 0.437 e. The Hall–Kier alpha value is -1.86. The van der Waals surface area contributed by atoms with Gasteiger partial charge in [-0.2, -0.15) is 0 Å². The Morgan fingerprint density at radius 3 is 2.86 bits per heavy atom. The van der Waals surface area contributed by atoms with Crippen molar-refractivity contribution >= 4 is 33.4 Å². The number of aromatic nitrogens is 1. The summed E-state index contributed by atoms with van der Waals surface area (Å²) in [5.74, 6) is -0.536. The topological polar surface area (TPSA) is 80.7 Å². The second-order valence-electron chi connectivity index (χ2n) is 4.09. The fraction of sp³-hybridized carbons (Fsp3) is 0.0769. The van der Waals surface area contributed by atoms with E-state index in [2.05, 4.69) is 26.1 Å². The Kier molecular flexibility index (Phi) is 4.64. The van der Waals surface area contributed by atoms with Crippen LogP contribution in [0.15, 0.2) is 33.9 Å². The molecule has 1 aromatic heterocycles. The van der Waals surface area contributed by atoms with Gasteiger partial charge in [0.2, 0.25) is 5.88 Å². The summed E-state index contributed by atoms with van der Waals surface area (Å²) in [6, 6.07) is 5.75. The molecule has 0 fully saturated rings. The molecule has 8 heteroatoms. The predicted octanol–water partition coefficient (Wildman–Crippen LogP) is 3.83. The maximum Gasteiger partial charge on any atom is 0.230 e. The number of hydrogen-bond donors (Lipinski definition) is 2. The molecule has 3 N–H and O–H groups in total. The van der Waals surface area contributed by atoms with Gasteiger partial charge in [0.15, 0.2) is 5.84 Å². The van der Waals surface area contributed by atoms with Crippen LogP contribution in [0.5, 0.6) is 11.6 Å². The van der Waals surface area contributed by atoms with E-state index in [4.69, 9.17) is 27.3 Å². The summed E-state index contributed by atoms with van der Waals surface area (Å²) < 4.78 is 19.5. The Morgan fingerprint density at radius 1 is 1.48 bits per heavy atom. The van der Waals surface area contributed by atoms with Gasteiger partial charge >= 0.3 is 0 Å². The minimum Gasteiger partial charge on any atom is -0.437 e. The molecule has 0 atom stereocenters. The smallest absolute Gasteiger partial charge is 0.230 e. The number of aryl methyl sites for hydroxylation is 1.